The Balaban J connectivity index is 2.04. The fraction of sp³-hybridized carbons (Fsp3) is 0.625. The molecule has 1 aliphatic rings. The molecule has 0 spiro atoms. The molecule has 0 bridgehead atoms. The summed E-state index contributed by atoms with van der Waals surface area (Å²) in [6.45, 7) is 5.45. The molecule has 1 aromatic rings. The van der Waals surface area contributed by atoms with E-state index in [1.165, 1.54) is 30.4 Å². The van der Waals surface area contributed by atoms with Crippen LogP contribution in [0.1, 0.15) is 44.2 Å². The van der Waals surface area contributed by atoms with Crippen molar-refractivity contribution in [2.45, 2.75) is 45.1 Å². The molecule has 2 N–H and O–H groups in total. The summed E-state index contributed by atoms with van der Waals surface area (Å²) in [6.07, 6.45) is 4.98. The lowest BCUT2D eigenvalue weighted by atomic mass is 9.91. The Labute approximate surface area is 110 Å². The molecule has 2 nitrogen and oxygen atoms in total. The first-order chi connectivity index (χ1) is 8.68. The predicted octanol–water partition coefficient (Wildman–Crippen LogP) is 2.85. The standard InChI is InChI=1S/C16H25NO/c1-3-4-13-7-9-15(10-8-13)16(2,12-18)17-11-14-5-6-14/h7-10,14,17-18H,3-6,11-12H2,1-2H3. The lowest BCUT2D eigenvalue weighted by molar-refractivity contribution is 0.174. The van der Waals surface area contributed by atoms with Crippen molar-refractivity contribution in [3.8, 4) is 0 Å². The van der Waals surface area contributed by atoms with Crippen LogP contribution in [0.5, 0.6) is 0 Å². The molecule has 0 heterocycles. The molecule has 18 heavy (non-hydrogen) atoms. The third kappa shape index (κ3) is 3.33. The molecule has 1 saturated carbocycles. The van der Waals surface area contributed by atoms with E-state index in [4.69, 9.17) is 0 Å². The van der Waals surface area contributed by atoms with Crippen LogP contribution >= 0.6 is 0 Å². The van der Waals surface area contributed by atoms with E-state index in [2.05, 4.69) is 43.4 Å². The van der Waals surface area contributed by atoms with Gasteiger partial charge in [0.1, 0.15) is 0 Å². The molecule has 2 heteroatoms. The lowest BCUT2D eigenvalue weighted by Crippen LogP contribution is -2.43. The van der Waals surface area contributed by atoms with E-state index < -0.39 is 0 Å². The third-order valence-corrected chi connectivity index (χ3v) is 3.92. The van der Waals surface area contributed by atoms with Crippen LogP contribution in [0.3, 0.4) is 0 Å². The number of aliphatic hydroxyl groups is 1. The van der Waals surface area contributed by atoms with Crippen molar-refractivity contribution >= 4 is 0 Å². The average molecular weight is 247 g/mol. The second-order valence-corrected chi connectivity index (χ2v) is 5.76. The summed E-state index contributed by atoms with van der Waals surface area (Å²) >= 11 is 0. The number of aryl methyl sites for hydroxylation is 1. The fourth-order valence-corrected chi connectivity index (χ4v) is 2.27. The van der Waals surface area contributed by atoms with Gasteiger partial charge in [0.25, 0.3) is 0 Å². The molecular formula is C16H25NO. The van der Waals surface area contributed by atoms with E-state index in [1.54, 1.807) is 0 Å². The lowest BCUT2D eigenvalue weighted by Gasteiger charge is -2.30. The summed E-state index contributed by atoms with van der Waals surface area (Å²) in [7, 11) is 0. The maximum atomic E-state index is 9.68. The van der Waals surface area contributed by atoms with E-state index in [9.17, 15) is 5.11 Å². The highest BCUT2D eigenvalue weighted by molar-refractivity contribution is 5.28. The Morgan fingerprint density at radius 1 is 1.28 bits per heavy atom. The molecule has 1 aliphatic carbocycles. The zero-order valence-electron chi connectivity index (χ0n) is 11.6. The number of benzene rings is 1. The molecule has 0 radical (unpaired) electrons. The second kappa shape index (κ2) is 5.85. The van der Waals surface area contributed by atoms with Gasteiger partial charge in [-0.1, -0.05) is 37.6 Å². The van der Waals surface area contributed by atoms with Crippen LogP contribution in [0.4, 0.5) is 0 Å². The highest BCUT2D eigenvalue weighted by atomic mass is 16.3. The van der Waals surface area contributed by atoms with Gasteiger partial charge in [-0.05, 0) is 49.8 Å². The molecular weight excluding hydrogens is 222 g/mol. The van der Waals surface area contributed by atoms with Gasteiger partial charge in [0, 0.05) is 0 Å². The molecule has 0 aromatic heterocycles. The number of aliphatic hydroxyl groups excluding tert-OH is 1. The van der Waals surface area contributed by atoms with Crippen LogP contribution in [-0.4, -0.2) is 18.3 Å². The van der Waals surface area contributed by atoms with E-state index >= 15 is 0 Å². The number of hydrogen-bond acceptors (Lipinski definition) is 2. The molecule has 1 aromatic carbocycles. The topological polar surface area (TPSA) is 32.3 Å². The Morgan fingerprint density at radius 2 is 1.94 bits per heavy atom. The number of hydrogen-bond donors (Lipinski definition) is 2. The van der Waals surface area contributed by atoms with Crippen molar-refractivity contribution in [1.82, 2.24) is 5.32 Å². The SMILES string of the molecule is CCCc1ccc(C(C)(CO)NCC2CC2)cc1. The van der Waals surface area contributed by atoms with Crippen molar-refractivity contribution in [2.75, 3.05) is 13.2 Å². The summed E-state index contributed by atoms with van der Waals surface area (Å²) < 4.78 is 0. The summed E-state index contributed by atoms with van der Waals surface area (Å²) in [4.78, 5) is 0. The summed E-state index contributed by atoms with van der Waals surface area (Å²) in [5, 5.41) is 13.2. The minimum absolute atomic E-state index is 0.146. The van der Waals surface area contributed by atoms with E-state index in [0.717, 1.165) is 18.9 Å². The second-order valence-electron chi connectivity index (χ2n) is 5.76. The minimum Gasteiger partial charge on any atom is -0.394 e. The first kappa shape index (κ1) is 13.6. The number of rotatable bonds is 7. The quantitative estimate of drug-likeness (QED) is 0.776. The molecule has 1 fully saturated rings. The van der Waals surface area contributed by atoms with Gasteiger partial charge in [-0.3, -0.25) is 0 Å². The van der Waals surface area contributed by atoms with Gasteiger partial charge in [-0.15, -0.1) is 0 Å². The average Bonchev–Trinajstić information content (AvgIpc) is 3.21. The van der Waals surface area contributed by atoms with Crippen LogP contribution in [0.25, 0.3) is 0 Å². The maximum Gasteiger partial charge on any atom is 0.0652 e. The van der Waals surface area contributed by atoms with E-state index in [1.807, 2.05) is 0 Å². The number of nitrogens with one attached hydrogen (secondary N) is 1. The molecule has 0 aliphatic heterocycles. The molecule has 0 amide bonds. The van der Waals surface area contributed by atoms with Gasteiger partial charge >= 0.3 is 0 Å². The first-order valence-electron chi connectivity index (χ1n) is 7.13. The van der Waals surface area contributed by atoms with Gasteiger partial charge < -0.3 is 10.4 Å². The molecule has 100 valence electrons. The largest absolute Gasteiger partial charge is 0.394 e. The summed E-state index contributed by atoms with van der Waals surface area (Å²) in [5.74, 6) is 0.829. The van der Waals surface area contributed by atoms with Crippen molar-refractivity contribution in [1.29, 1.82) is 0 Å². The Hall–Kier alpha value is -0.860. The van der Waals surface area contributed by atoms with Gasteiger partial charge in [0.05, 0.1) is 12.1 Å². The van der Waals surface area contributed by atoms with Crippen molar-refractivity contribution < 1.29 is 5.11 Å². The van der Waals surface area contributed by atoms with Crippen LogP contribution < -0.4 is 5.32 Å². The zero-order valence-corrected chi connectivity index (χ0v) is 11.6. The van der Waals surface area contributed by atoms with Crippen LogP contribution in [0, 0.1) is 5.92 Å². The Morgan fingerprint density at radius 3 is 2.44 bits per heavy atom. The van der Waals surface area contributed by atoms with Gasteiger partial charge in [-0.2, -0.15) is 0 Å². The highest BCUT2D eigenvalue weighted by Crippen LogP contribution is 2.30. The normalized spacial score (nSPS) is 18.6. The molecule has 1 unspecified atom stereocenters. The van der Waals surface area contributed by atoms with Crippen molar-refractivity contribution in [3.63, 3.8) is 0 Å². The van der Waals surface area contributed by atoms with Crippen LogP contribution in [0.2, 0.25) is 0 Å². The minimum atomic E-state index is -0.298. The molecule has 0 saturated heterocycles. The van der Waals surface area contributed by atoms with Gasteiger partial charge in [-0.25, -0.2) is 0 Å². The summed E-state index contributed by atoms with van der Waals surface area (Å²) in [5.41, 5.74) is 2.27. The Kier molecular flexibility index (Phi) is 4.41. The van der Waals surface area contributed by atoms with Crippen LogP contribution in [-0.2, 0) is 12.0 Å². The molecule has 1 atom stereocenters. The smallest absolute Gasteiger partial charge is 0.0652 e. The van der Waals surface area contributed by atoms with Crippen molar-refractivity contribution in [3.05, 3.63) is 35.4 Å². The van der Waals surface area contributed by atoms with E-state index in [0.29, 0.717) is 0 Å². The first-order valence-corrected chi connectivity index (χ1v) is 7.13. The fourth-order valence-electron chi connectivity index (χ4n) is 2.27. The maximum absolute atomic E-state index is 9.68. The van der Waals surface area contributed by atoms with Gasteiger partial charge in [0.15, 0.2) is 0 Å². The van der Waals surface area contributed by atoms with Crippen LogP contribution in [0.15, 0.2) is 24.3 Å². The monoisotopic (exact) mass is 247 g/mol. The molecule has 2 rings (SSSR count). The third-order valence-electron chi connectivity index (χ3n) is 3.92. The zero-order chi connectivity index (χ0) is 13.0. The summed E-state index contributed by atoms with van der Waals surface area (Å²) in [6, 6.07) is 8.68. The Bertz CT molecular complexity index is 369. The van der Waals surface area contributed by atoms with E-state index in [-0.39, 0.29) is 12.1 Å². The van der Waals surface area contributed by atoms with Gasteiger partial charge in [0.2, 0.25) is 0 Å². The van der Waals surface area contributed by atoms with Crippen molar-refractivity contribution in [2.24, 2.45) is 5.92 Å². The highest BCUT2D eigenvalue weighted by Gasteiger charge is 2.29. The predicted molar refractivity (Wildman–Crippen MR) is 75.6 cm³/mol.